The van der Waals surface area contributed by atoms with Crippen LogP contribution in [0.5, 0.6) is 0 Å². The van der Waals surface area contributed by atoms with E-state index in [1.807, 2.05) is 24.5 Å². The van der Waals surface area contributed by atoms with Crippen LogP contribution in [0, 0.1) is 24.1 Å². The number of anilines is 1. The second-order valence-electron chi connectivity index (χ2n) is 3.94. The lowest BCUT2D eigenvalue weighted by Gasteiger charge is -2.04. The summed E-state index contributed by atoms with van der Waals surface area (Å²) in [7, 11) is 0. The molecule has 2 rings (SSSR count). The van der Waals surface area contributed by atoms with Crippen molar-refractivity contribution in [3.63, 3.8) is 0 Å². The van der Waals surface area contributed by atoms with Gasteiger partial charge in [-0.05, 0) is 32.0 Å². The number of rotatable bonds is 2. The molecule has 0 atom stereocenters. The number of aryl methyl sites for hydroxylation is 1. The average Bonchev–Trinajstić information content (AvgIpc) is 2.65. The van der Waals surface area contributed by atoms with Crippen LogP contribution >= 0.6 is 0 Å². The molecule has 18 heavy (non-hydrogen) atoms. The number of nitriles is 1. The van der Waals surface area contributed by atoms with E-state index in [0.717, 1.165) is 12.4 Å². The Hall–Kier alpha value is -2.35. The number of nitrogen functional groups attached to an aromatic ring is 1. The predicted molar refractivity (Wildman–Crippen MR) is 67.2 cm³/mol. The SMILES string of the molecule is CCn1c(C)nc(-c2ccc(F)c(C#N)c2)c1N. The Balaban J connectivity index is 2.60. The lowest BCUT2D eigenvalue weighted by molar-refractivity contribution is 0.624. The van der Waals surface area contributed by atoms with E-state index in [9.17, 15) is 4.39 Å². The van der Waals surface area contributed by atoms with Crippen LogP contribution in [-0.4, -0.2) is 9.55 Å². The standard InChI is InChI=1S/C13H13FN4/c1-3-18-8(2)17-12(13(18)16)9-4-5-11(14)10(6-9)7-15/h4-6H,3,16H2,1-2H3. The fourth-order valence-corrected chi connectivity index (χ4v) is 1.95. The first kappa shape index (κ1) is 12.1. The molecule has 0 aliphatic rings. The molecule has 4 nitrogen and oxygen atoms in total. The van der Waals surface area contributed by atoms with Crippen LogP contribution in [-0.2, 0) is 6.54 Å². The minimum absolute atomic E-state index is 0.00407. The molecule has 0 aliphatic heterocycles. The summed E-state index contributed by atoms with van der Waals surface area (Å²) in [5.74, 6) is 0.796. The predicted octanol–water partition coefficient (Wildman–Crippen LogP) is 2.47. The molecule has 1 aromatic carbocycles. The van der Waals surface area contributed by atoms with Gasteiger partial charge in [0.2, 0.25) is 0 Å². The van der Waals surface area contributed by atoms with Crippen molar-refractivity contribution in [2.45, 2.75) is 20.4 Å². The van der Waals surface area contributed by atoms with Crippen molar-refractivity contribution >= 4 is 5.82 Å². The maximum atomic E-state index is 13.3. The summed E-state index contributed by atoms with van der Waals surface area (Å²) in [4.78, 5) is 4.36. The van der Waals surface area contributed by atoms with Gasteiger partial charge in [0, 0.05) is 12.1 Å². The normalized spacial score (nSPS) is 10.3. The van der Waals surface area contributed by atoms with Crippen molar-refractivity contribution in [3.8, 4) is 17.3 Å². The first-order chi connectivity index (χ1) is 8.58. The molecule has 0 amide bonds. The summed E-state index contributed by atoms with van der Waals surface area (Å²) in [6, 6.07) is 6.11. The minimum Gasteiger partial charge on any atom is -0.383 e. The van der Waals surface area contributed by atoms with E-state index in [4.69, 9.17) is 11.0 Å². The molecule has 1 heterocycles. The Morgan fingerprint density at radius 3 is 2.78 bits per heavy atom. The van der Waals surface area contributed by atoms with Crippen LogP contribution in [0.3, 0.4) is 0 Å². The van der Waals surface area contributed by atoms with E-state index in [-0.39, 0.29) is 5.56 Å². The van der Waals surface area contributed by atoms with Gasteiger partial charge in [0.25, 0.3) is 0 Å². The Bertz CT molecular complexity index is 637. The number of hydrogen-bond acceptors (Lipinski definition) is 3. The maximum Gasteiger partial charge on any atom is 0.140 e. The van der Waals surface area contributed by atoms with Gasteiger partial charge in [-0.1, -0.05) is 0 Å². The Kier molecular flexibility index (Phi) is 3.02. The van der Waals surface area contributed by atoms with E-state index in [1.165, 1.54) is 12.1 Å². The van der Waals surface area contributed by atoms with Crippen molar-refractivity contribution in [1.82, 2.24) is 9.55 Å². The fraction of sp³-hybridized carbons (Fsp3) is 0.231. The zero-order valence-electron chi connectivity index (χ0n) is 10.2. The number of nitrogens with two attached hydrogens (primary N) is 1. The highest BCUT2D eigenvalue weighted by molar-refractivity contribution is 5.72. The van der Waals surface area contributed by atoms with Crippen LogP contribution in [0.25, 0.3) is 11.3 Å². The number of hydrogen-bond donors (Lipinski definition) is 1. The van der Waals surface area contributed by atoms with E-state index < -0.39 is 5.82 Å². The second-order valence-corrected chi connectivity index (χ2v) is 3.94. The van der Waals surface area contributed by atoms with Gasteiger partial charge in [-0.25, -0.2) is 9.37 Å². The van der Waals surface area contributed by atoms with Crippen LogP contribution in [0.2, 0.25) is 0 Å². The topological polar surface area (TPSA) is 67.6 Å². The van der Waals surface area contributed by atoms with E-state index in [1.54, 1.807) is 6.07 Å². The molecule has 5 heteroatoms. The molecule has 0 unspecified atom stereocenters. The molecule has 0 aliphatic carbocycles. The molecule has 0 saturated heterocycles. The molecule has 0 radical (unpaired) electrons. The first-order valence-corrected chi connectivity index (χ1v) is 5.61. The number of halogens is 1. The van der Waals surface area contributed by atoms with Crippen molar-refractivity contribution in [3.05, 3.63) is 35.4 Å². The van der Waals surface area contributed by atoms with Crippen molar-refractivity contribution in [2.75, 3.05) is 5.73 Å². The molecule has 0 saturated carbocycles. The van der Waals surface area contributed by atoms with Gasteiger partial charge in [0.15, 0.2) is 0 Å². The van der Waals surface area contributed by atoms with Crippen LogP contribution in [0.1, 0.15) is 18.3 Å². The van der Waals surface area contributed by atoms with Crippen molar-refractivity contribution in [1.29, 1.82) is 5.26 Å². The van der Waals surface area contributed by atoms with Gasteiger partial charge in [-0.15, -0.1) is 0 Å². The smallest absolute Gasteiger partial charge is 0.140 e. The van der Waals surface area contributed by atoms with E-state index >= 15 is 0 Å². The lowest BCUT2D eigenvalue weighted by atomic mass is 10.1. The van der Waals surface area contributed by atoms with Gasteiger partial charge in [0.1, 0.15) is 29.2 Å². The summed E-state index contributed by atoms with van der Waals surface area (Å²) >= 11 is 0. The summed E-state index contributed by atoms with van der Waals surface area (Å²) in [6.07, 6.45) is 0. The zero-order chi connectivity index (χ0) is 13.3. The Labute approximate surface area is 104 Å². The molecule has 2 aromatic rings. The average molecular weight is 244 g/mol. The van der Waals surface area contributed by atoms with Crippen LogP contribution in [0.4, 0.5) is 10.2 Å². The third-order valence-corrected chi connectivity index (χ3v) is 2.87. The molecular formula is C13H13FN4. The van der Waals surface area contributed by atoms with Gasteiger partial charge in [-0.2, -0.15) is 5.26 Å². The van der Waals surface area contributed by atoms with Crippen LogP contribution in [0.15, 0.2) is 18.2 Å². The second kappa shape index (κ2) is 4.49. The molecule has 0 fully saturated rings. The van der Waals surface area contributed by atoms with E-state index in [2.05, 4.69) is 4.98 Å². The number of aromatic nitrogens is 2. The fourth-order valence-electron chi connectivity index (χ4n) is 1.95. The monoisotopic (exact) mass is 244 g/mol. The molecule has 1 aromatic heterocycles. The lowest BCUT2D eigenvalue weighted by Crippen LogP contribution is -2.02. The Morgan fingerprint density at radius 2 is 2.22 bits per heavy atom. The number of imidazole rings is 1. The molecule has 0 bridgehead atoms. The molecular weight excluding hydrogens is 231 g/mol. The molecule has 92 valence electrons. The summed E-state index contributed by atoms with van der Waals surface area (Å²) in [5.41, 5.74) is 7.24. The number of benzene rings is 1. The number of nitrogens with zero attached hydrogens (tertiary/aromatic N) is 3. The molecule has 0 spiro atoms. The van der Waals surface area contributed by atoms with Gasteiger partial charge in [-0.3, -0.25) is 0 Å². The van der Waals surface area contributed by atoms with Crippen molar-refractivity contribution in [2.24, 2.45) is 0 Å². The zero-order valence-corrected chi connectivity index (χ0v) is 10.2. The Morgan fingerprint density at radius 1 is 1.50 bits per heavy atom. The summed E-state index contributed by atoms with van der Waals surface area (Å²) in [6.45, 7) is 4.55. The van der Waals surface area contributed by atoms with E-state index in [0.29, 0.717) is 17.1 Å². The third kappa shape index (κ3) is 1.82. The quantitative estimate of drug-likeness (QED) is 0.882. The summed E-state index contributed by atoms with van der Waals surface area (Å²) in [5, 5.41) is 8.82. The molecule has 2 N–H and O–H groups in total. The van der Waals surface area contributed by atoms with Gasteiger partial charge in [0.05, 0.1) is 5.56 Å². The minimum atomic E-state index is -0.536. The van der Waals surface area contributed by atoms with Crippen LogP contribution < -0.4 is 5.73 Å². The highest BCUT2D eigenvalue weighted by Crippen LogP contribution is 2.27. The van der Waals surface area contributed by atoms with Gasteiger partial charge >= 0.3 is 0 Å². The summed E-state index contributed by atoms with van der Waals surface area (Å²) < 4.78 is 15.1. The highest BCUT2D eigenvalue weighted by Gasteiger charge is 2.14. The third-order valence-electron chi connectivity index (χ3n) is 2.87. The van der Waals surface area contributed by atoms with Crippen molar-refractivity contribution < 1.29 is 4.39 Å². The highest BCUT2D eigenvalue weighted by atomic mass is 19.1. The largest absolute Gasteiger partial charge is 0.383 e. The first-order valence-electron chi connectivity index (χ1n) is 5.61. The van der Waals surface area contributed by atoms with Gasteiger partial charge < -0.3 is 10.3 Å². The maximum absolute atomic E-state index is 13.3.